The summed E-state index contributed by atoms with van der Waals surface area (Å²) in [6.07, 6.45) is -0.911. The minimum Gasteiger partial charge on any atom is -0.408 e. The predicted octanol–water partition coefficient (Wildman–Crippen LogP) is 2.71. The lowest BCUT2D eigenvalue weighted by molar-refractivity contribution is -0.133. The van der Waals surface area contributed by atoms with Gasteiger partial charge in [-0.3, -0.25) is 9.36 Å². The molecule has 192 valence electrons. The summed E-state index contributed by atoms with van der Waals surface area (Å²) in [6, 6.07) is 11.6. The van der Waals surface area contributed by atoms with E-state index >= 15 is 4.39 Å². The number of carbonyl (C=O) groups is 1. The van der Waals surface area contributed by atoms with Gasteiger partial charge in [0.2, 0.25) is 0 Å². The van der Waals surface area contributed by atoms with E-state index in [9.17, 15) is 14.9 Å². The summed E-state index contributed by atoms with van der Waals surface area (Å²) < 4.78 is 33.4. The van der Waals surface area contributed by atoms with Crippen molar-refractivity contribution in [3.63, 3.8) is 0 Å². The fourth-order valence-electron chi connectivity index (χ4n) is 4.33. The van der Waals surface area contributed by atoms with Crippen molar-refractivity contribution in [1.82, 2.24) is 15.2 Å². The van der Waals surface area contributed by atoms with E-state index in [-0.39, 0.29) is 19.1 Å². The zero-order valence-electron chi connectivity index (χ0n) is 20.2. The number of rotatable bonds is 6. The van der Waals surface area contributed by atoms with Crippen molar-refractivity contribution in [3.05, 3.63) is 58.3 Å². The Morgan fingerprint density at radius 1 is 1.35 bits per heavy atom. The van der Waals surface area contributed by atoms with Crippen molar-refractivity contribution in [2.45, 2.75) is 24.7 Å². The van der Waals surface area contributed by atoms with Gasteiger partial charge in [0.1, 0.15) is 18.0 Å². The van der Waals surface area contributed by atoms with Crippen LogP contribution in [0, 0.1) is 17.1 Å². The van der Waals surface area contributed by atoms with Gasteiger partial charge < -0.3 is 24.5 Å². The van der Waals surface area contributed by atoms with Crippen molar-refractivity contribution in [3.8, 4) is 16.5 Å². The average Bonchev–Trinajstić information content (AvgIpc) is 3.31. The molecule has 0 spiro atoms. The summed E-state index contributed by atoms with van der Waals surface area (Å²) in [5.41, 5.74) is 2.38. The third kappa shape index (κ3) is 5.14. The van der Waals surface area contributed by atoms with E-state index in [1.165, 1.54) is 22.0 Å². The number of methoxy groups -OCH3 is 1. The molecule has 0 bridgehead atoms. The number of amides is 1. The van der Waals surface area contributed by atoms with Crippen molar-refractivity contribution in [2.75, 3.05) is 26.8 Å². The number of fused-ring (bicyclic) bond motifs is 2. The van der Waals surface area contributed by atoms with Gasteiger partial charge in [-0.15, -0.1) is 11.3 Å². The maximum atomic E-state index is 15.0. The summed E-state index contributed by atoms with van der Waals surface area (Å²) in [7, 11) is 3.22. The zero-order valence-corrected chi connectivity index (χ0v) is 21.1. The smallest absolute Gasteiger partial charge is 0.408 e. The molecule has 4 aromatic rings. The van der Waals surface area contributed by atoms with Crippen LogP contribution >= 0.6 is 11.3 Å². The summed E-state index contributed by atoms with van der Waals surface area (Å²) in [6.45, 7) is 1.11. The first-order valence-corrected chi connectivity index (χ1v) is 12.5. The Bertz CT molecular complexity index is 1570. The second-order valence-corrected chi connectivity index (χ2v) is 10.0. The summed E-state index contributed by atoms with van der Waals surface area (Å²) in [5, 5.41) is 16.1. The fourth-order valence-corrected chi connectivity index (χ4v) is 5.43. The molecule has 0 radical (unpaired) electrons. The standard InChI is InChI=1S/C26H25FN4O5S/c1-31-20-7-14(3-4-21(20)36-26(31)33)23-9-16-6-19(27)15(8-24(16)37-23)5-17(10-28)30-25(32)22-12-29-11-18(34-2)13-35-22/h3-4,6-9,17-18,22,29H,5,11-13H2,1-2H3,(H,30,32)/t17-,18?,22-/m0/s1. The van der Waals surface area contributed by atoms with Gasteiger partial charge in [-0.25, -0.2) is 9.18 Å². The number of benzene rings is 2. The Kier molecular flexibility index (Phi) is 7.08. The van der Waals surface area contributed by atoms with Crippen molar-refractivity contribution in [1.29, 1.82) is 5.26 Å². The number of nitrogens with zero attached hydrogens (tertiary/aromatic N) is 2. The molecule has 2 aromatic carbocycles. The molecule has 0 aliphatic carbocycles. The van der Waals surface area contributed by atoms with E-state index in [2.05, 4.69) is 16.7 Å². The number of oxazole rings is 1. The van der Waals surface area contributed by atoms with E-state index in [1.807, 2.05) is 18.2 Å². The molecule has 2 aromatic heterocycles. The normalized spacial score (nSPS) is 19.0. The Labute approximate surface area is 215 Å². The van der Waals surface area contributed by atoms with E-state index in [0.717, 1.165) is 20.5 Å². The molecule has 37 heavy (non-hydrogen) atoms. The third-order valence-corrected chi connectivity index (χ3v) is 7.62. The molecule has 9 nitrogen and oxygen atoms in total. The number of aromatic nitrogens is 1. The highest BCUT2D eigenvalue weighted by Crippen LogP contribution is 2.36. The molecule has 3 atom stereocenters. The van der Waals surface area contributed by atoms with Crippen LogP contribution in [-0.4, -0.2) is 55.5 Å². The van der Waals surface area contributed by atoms with Gasteiger partial charge in [-0.05, 0) is 52.9 Å². The van der Waals surface area contributed by atoms with E-state index in [1.54, 1.807) is 26.3 Å². The lowest BCUT2D eigenvalue weighted by Crippen LogP contribution is -2.46. The van der Waals surface area contributed by atoms with Crippen LogP contribution in [0.1, 0.15) is 5.56 Å². The van der Waals surface area contributed by atoms with Gasteiger partial charge >= 0.3 is 5.76 Å². The number of ether oxygens (including phenoxy) is 2. The number of thiophene rings is 1. The molecule has 2 N–H and O–H groups in total. The Hall–Kier alpha value is -3.56. The quantitative estimate of drug-likeness (QED) is 0.398. The maximum Gasteiger partial charge on any atom is 0.419 e. The second kappa shape index (κ2) is 10.4. The number of nitriles is 1. The molecular weight excluding hydrogens is 499 g/mol. The number of carbonyl (C=O) groups excluding carboxylic acids is 1. The molecule has 11 heteroatoms. The monoisotopic (exact) mass is 524 g/mol. The molecule has 3 heterocycles. The first kappa shape index (κ1) is 25.1. The van der Waals surface area contributed by atoms with Crippen molar-refractivity contribution >= 4 is 38.4 Å². The van der Waals surface area contributed by atoms with Crippen LogP contribution in [0.3, 0.4) is 0 Å². The van der Waals surface area contributed by atoms with Gasteiger partial charge in [0.25, 0.3) is 5.91 Å². The first-order chi connectivity index (χ1) is 17.9. The molecule has 0 saturated carbocycles. The number of halogens is 1. The highest BCUT2D eigenvalue weighted by Gasteiger charge is 2.26. The minimum atomic E-state index is -0.922. The molecule has 1 amide bonds. The average molecular weight is 525 g/mol. The Balaban J connectivity index is 1.34. The van der Waals surface area contributed by atoms with Gasteiger partial charge in [0.05, 0.1) is 24.3 Å². The summed E-state index contributed by atoms with van der Waals surface area (Å²) in [5.74, 6) is -1.32. The maximum absolute atomic E-state index is 15.0. The van der Waals surface area contributed by atoms with Crippen LogP contribution in [0.2, 0.25) is 0 Å². The van der Waals surface area contributed by atoms with Crippen LogP contribution in [0.25, 0.3) is 31.6 Å². The topological polar surface area (TPSA) is 119 Å². The largest absolute Gasteiger partial charge is 0.419 e. The molecule has 1 saturated heterocycles. The van der Waals surface area contributed by atoms with Gasteiger partial charge in [-0.2, -0.15) is 5.26 Å². The molecule has 1 aliphatic heterocycles. The van der Waals surface area contributed by atoms with Gasteiger partial charge in [0, 0.05) is 43.2 Å². The van der Waals surface area contributed by atoms with Gasteiger partial charge in [-0.1, -0.05) is 0 Å². The summed E-state index contributed by atoms with van der Waals surface area (Å²) in [4.78, 5) is 25.4. The molecular formula is C26H25FN4O5S. The van der Waals surface area contributed by atoms with Crippen LogP contribution < -0.4 is 16.4 Å². The lowest BCUT2D eigenvalue weighted by atomic mass is 10.0. The fraction of sp³-hybridized carbons (Fsp3) is 0.346. The zero-order chi connectivity index (χ0) is 26.1. The highest BCUT2D eigenvalue weighted by molar-refractivity contribution is 7.22. The van der Waals surface area contributed by atoms with Crippen LogP contribution in [0.4, 0.5) is 4.39 Å². The number of nitrogens with one attached hydrogen (secondary N) is 2. The molecule has 1 aliphatic rings. The SMILES string of the molecule is COC1CNC[C@@H](C(=O)N[C@H](C#N)Cc2cc3sc(-c4ccc5oc(=O)n(C)c5c4)cc3cc2F)OC1. The Morgan fingerprint density at radius 3 is 2.97 bits per heavy atom. The molecule has 1 unspecified atom stereocenters. The first-order valence-electron chi connectivity index (χ1n) is 11.7. The summed E-state index contributed by atoms with van der Waals surface area (Å²) >= 11 is 1.48. The van der Waals surface area contributed by atoms with E-state index in [0.29, 0.717) is 29.8 Å². The lowest BCUT2D eigenvalue weighted by Gasteiger charge is -2.18. The highest BCUT2D eigenvalue weighted by atomic mass is 32.1. The predicted molar refractivity (Wildman–Crippen MR) is 137 cm³/mol. The van der Waals surface area contributed by atoms with E-state index in [4.69, 9.17) is 13.9 Å². The second-order valence-electron chi connectivity index (χ2n) is 8.93. The minimum absolute atomic E-state index is 0.0151. The van der Waals surface area contributed by atoms with Crippen LogP contribution in [0.15, 0.2) is 45.6 Å². The number of hydrogen-bond donors (Lipinski definition) is 2. The molecule has 1 fully saturated rings. The Morgan fingerprint density at radius 2 is 2.19 bits per heavy atom. The molecule has 5 rings (SSSR count). The van der Waals surface area contributed by atoms with Crippen LogP contribution in [0.5, 0.6) is 0 Å². The van der Waals surface area contributed by atoms with Crippen molar-refractivity contribution in [2.24, 2.45) is 7.05 Å². The number of hydrogen-bond acceptors (Lipinski definition) is 8. The third-order valence-electron chi connectivity index (χ3n) is 6.47. The van der Waals surface area contributed by atoms with Crippen LogP contribution in [-0.2, 0) is 27.7 Å². The van der Waals surface area contributed by atoms with E-state index < -0.39 is 29.6 Å². The van der Waals surface area contributed by atoms with Crippen molar-refractivity contribution < 1.29 is 23.1 Å². The van der Waals surface area contributed by atoms with Gasteiger partial charge in [0.15, 0.2) is 5.58 Å². The number of aryl methyl sites for hydroxylation is 1.